The van der Waals surface area contributed by atoms with E-state index in [4.69, 9.17) is 27.9 Å². The Bertz CT molecular complexity index is 813. The third-order valence-corrected chi connectivity index (χ3v) is 7.51. The van der Waals surface area contributed by atoms with Crippen LogP contribution in [0.4, 0.5) is 0 Å². The maximum Gasteiger partial charge on any atom is 0.273 e. The van der Waals surface area contributed by atoms with E-state index in [1.807, 2.05) is 28.5 Å². The molecule has 1 amide bonds. The molecular weight excluding hydrogens is 441 g/mol. The number of likely N-dealkylation sites (tertiary alicyclic amines) is 2. The van der Waals surface area contributed by atoms with Crippen LogP contribution >= 0.6 is 34.5 Å². The summed E-state index contributed by atoms with van der Waals surface area (Å²) in [5.41, 5.74) is 0.868. The zero-order valence-electron chi connectivity index (χ0n) is 16.9. The number of piperidine rings is 2. The van der Waals surface area contributed by atoms with E-state index in [0.29, 0.717) is 28.9 Å². The molecular formula is C22H27Cl2N3O2S. The fourth-order valence-corrected chi connectivity index (χ4v) is 5.55. The van der Waals surface area contributed by atoms with Crippen LogP contribution in [0.3, 0.4) is 0 Å². The normalized spacial score (nSPS) is 19.2. The molecule has 0 N–H and O–H groups in total. The van der Waals surface area contributed by atoms with Gasteiger partial charge in [-0.2, -0.15) is 0 Å². The van der Waals surface area contributed by atoms with Crippen LogP contribution < -0.4 is 4.74 Å². The molecule has 2 fully saturated rings. The largest absolute Gasteiger partial charge is 0.467 e. The number of carbonyl (C=O) groups excluding carboxylic acids is 1. The van der Waals surface area contributed by atoms with E-state index in [1.165, 1.54) is 0 Å². The van der Waals surface area contributed by atoms with Gasteiger partial charge in [-0.05, 0) is 49.8 Å². The van der Waals surface area contributed by atoms with E-state index in [2.05, 4.69) is 9.88 Å². The molecule has 8 heteroatoms. The van der Waals surface area contributed by atoms with E-state index in [9.17, 15) is 4.79 Å². The molecule has 0 spiro atoms. The highest BCUT2D eigenvalue weighted by atomic mass is 35.5. The smallest absolute Gasteiger partial charge is 0.273 e. The summed E-state index contributed by atoms with van der Waals surface area (Å²) in [7, 11) is 0. The Hall–Kier alpha value is -1.34. The first-order valence-electron chi connectivity index (χ1n) is 10.6. The predicted molar refractivity (Wildman–Crippen MR) is 122 cm³/mol. The minimum absolute atomic E-state index is 0.194. The molecule has 2 saturated heterocycles. The van der Waals surface area contributed by atoms with Crippen molar-refractivity contribution in [1.82, 2.24) is 14.8 Å². The number of halogens is 2. The van der Waals surface area contributed by atoms with Crippen molar-refractivity contribution in [1.29, 1.82) is 0 Å². The number of nitrogens with zero attached hydrogens (tertiary/aromatic N) is 3. The van der Waals surface area contributed by atoms with Crippen molar-refractivity contribution < 1.29 is 9.53 Å². The molecule has 4 rings (SSSR count). The number of hydrogen-bond donors (Lipinski definition) is 0. The average molecular weight is 468 g/mol. The van der Waals surface area contributed by atoms with Crippen LogP contribution in [0.2, 0.25) is 10.0 Å². The lowest BCUT2D eigenvalue weighted by molar-refractivity contribution is -0.132. The van der Waals surface area contributed by atoms with Gasteiger partial charge in [0.1, 0.15) is 6.10 Å². The SMILES string of the molecule is O=C(CCc1c(Cl)cccc1Cl)N1CCC(N2CCC(Oc3nccs3)CC2)CC1. The van der Waals surface area contributed by atoms with Gasteiger partial charge in [-0.25, -0.2) is 4.98 Å². The van der Waals surface area contributed by atoms with Crippen LogP contribution in [0, 0.1) is 0 Å². The van der Waals surface area contributed by atoms with Gasteiger partial charge in [0.25, 0.3) is 5.19 Å². The van der Waals surface area contributed by atoms with Crippen molar-refractivity contribution in [2.24, 2.45) is 0 Å². The second-order valence-electron chi connectivity index (χ2n) is 7.96. The molecule has 0 radical (unpaired) electrons. The van der Waals surface area contributed by atoms with Gasteiger partial charge in [0, 0.05) is 60.3 Å². The summed E-state index contributed by atoms with van der Waals surface area (Å²) >= 11 is 14.0. The zero-order valence-corrected chi connectivity index (χ0v) is 19.3. The van der Waals surface area contributed by atoms with E-state index in [1.54, 1.807) is 17.5 Å². The molecule has 0 unspecified atom stereocenters. The van der Waals surface area contributed by atoms with Gasteiger partial charge in [0.05, 0.1) is 0 Å². The molecule has 2 aliphatic heterocycles. The van der Waals surface area contributed by atoms with Crippen molar-refractivity contribution >= 4 is 40.4 Å². The van der Waals surface area contributed by atoms with E-state index in [-0.39, 0.29) is 12.0 Å². The number of thiazole rings is 1. The highest BCUT2D eigenvalue weighted by Gasteiger charge is 2.30. The second-order valence-corrected chi connectivity index (χ2v) is 9.63. The average Bonchev–Trinajstić information content (AvgIpc) is 3.27. The van der Waals surface area contributed by atoms with E-state index >= 15 is 0 Å². The summed E-state index contributed by atoms with van der Waals surface area (Å²) in [4.78, 5) is 21.5. The summed E-state index contributed by atoms with van der Waals surface area (Å²) in [5, 5.41) is 3.99. The molecule has 30 heavy (non-hydrogen) atoms. The number of benzene rings is 1. The summed E-state index contributed by atoms with van der Waals surface area (Å²) in [6.45, 7) is 3.77. The Kier molecular flexibility index (Phi) is 7.52. The van der Waals surface area contributed by atoms with Gasteiger partial charge in [0.15, 0.2) is 0 Å². The first kappa shape index (κ1) is 21.9. The topological polar surface area (TPSA) is 45.7 Å². The van der Waals surface area contributed by atoms with Crippen LogP contribution in [0.25, 0.3) is 0 Å². The minimum Gasteiger partial charge on any atom is -0.467 e. The fourth-order valence-electron chi connectivity index (χ4n) is 4.41. The van der Waals surface area contributed by atoms with E-state index < -0.39 is 0 Å². The van der Waals surface area contributed by atoms with Gasteiger partial charge >= 0.3 is 0 Å². The summed E-state index contributed by atoms with van der Waals surface area (Å²) < 4.78 is 5.97. The van der Waals surface area contributed by atoms with Gasteiger partial charge in [-0.15, -0.1) is 0 Å². The number of aromatic nitrogens is 1. The number of carbonyl (C=O) groups is 1. The van der Waals surface area contributed by atoms with Crippen LogP contribution in [0.15, 0.2) is 29.8 Å². The highest BCUT2D eigenvalue weighted by Crippen LogP contribution is 2.27. The summed E-state index contributed by atoms with van der Waals surface area (Å²) in [6.07, 6.45) is 7.25. The maximum absolute atomic E-state index is 12.7. The van der Waals surface area contributed by atoms with Crippen LogP contribution in [-0.2, 0) is 11.2 Å². The molecule has 5 nitrogen and oxygen atoms in total. The fraction of sp³-hybridized carbons (Fsp3) is 0.545. The van der Waals surface area contributed by atoms with Crippen molar-refractivity contribution in [3.05, 3.63) is 45.4 Å². The summed E-state index contributed by atoms with van der Waals surface area (Å²) in [5.74, 6) is 0.194. The van der Waals surface area contributed by atoms with Crippen LogP contribution in [0.5, 0.6) is 5.19 Å². The molecule has 3 heterocycles. The zero-order chi connectivity index (χ0) is 20.9. The van der Waals surface area contributed by atoms with Crippen molar-refractivity contribution in [2.45, 2.75) is 50.7 Å². The lowest BCUT2D eigenvalue weighted by Crippen LogP contribution is -2.50. The highest BCUT2D eigenvalue weighted by molar-refractivity contribution is 7.11. The van der Waals surface area contributed by atoms with Crippen molar-refractivity contribution in [2.75, 3.05) is 26.2 Å². The van der Waals surface area contributed by atoms with Crippen molar-refractivity contribution in [3.63, 3.8) is 0 Å². The molecule has 0 atom stereocenters. The van der Waals surface area contributed by atoms with Gasteiger partial charge in [-0.1, -0.05) is 40.6 Å². The quantitative estimate of drug-likeness (QED) is 0.604. The summed E-state index contributed by atoms with van der Waals surface area (Å²) in [6, 6.07) is 6.04. The number of rotatable bonds is 6. The molecule has 1 aromatic heterocycles. The number of ether oxygens (including phenoxy) is 1. The molecule has 162 valence electrons. The Morgan fingerprint density at radius 1 is 1.10 bits per heavy atom. The molecule has 1 aromatic carbocycles. The first-order chi connectivity index (χ1) is 14.6. The molecule has 2 aliphatic rings. The molecule has 0 aliphatic carbocycles. The van der Waals surface area contributed by atoms with Gasteiger partial charge in [0.2, 0.25) is 5.91 Å². The lowest BCUT2D eigenvalue weighted by atomic mass is 9.98. The first-order valence-corrected chi connectivity index (χ1v) is 12.2. The number of amides is 1. The Balaban J connectivity index is 1.19. The molecule has 2 aromatic rings. The minimum atomic E-state index is 0.194. The molecule has 0 bridgehead atoms. The third kappa shape index (κ3) is 5.47. The van der Waals surface area contributed by atoms with E-state index in [0.717, 1.165) is 62.6 Å². The predicted octanol–water partition coefficient (Wildman–Crippen LogP) is 4.92. The Morgan fingerprint density at radius 2 is 1.80 bits per heavy atom. The molecule has 0 saturated carbocycles. The van der Waals surface area contributed by atoms with Crippen LogP contribution in [-0.4, -0.2) is 59.0 Å². The monoisotopic (exact) mass is 467 g/mol. The third-order valence-electron chi connectivity index (χ3n) is 6.14. The van der Waals surface area contributed by atoms with Crippen molar-refractivity contribution in [3.8, 4) is 5.19 Å². The second kappa shape index (κ2) is 10.3. The van der Waals surface area contributed by atoms with Gasteiger partial charge in [-0.3, -0.25) is 9.69 Å². The van der Waals surface area contributed by atoms with Crippen LogP contribution in [0.1, 0.15) is 37.7 Å². The standard InChI is InChI=1S/C22H27Cl2N3O2S/c23-19-2-1-3-20(24)18(19)4-5-21(28)27-11-6-16(7-12-27)26-13-8-17(9-14-26)29-22-25-10-15-30-22/h1-3,10,15-17H,4-9,11-14H2. The lowest BCUT2D eigenvalue weighted by Gasteiger charge is -2.41. The number of hydrogen-bond acceptors (Lipinski definition) is 5. The Labute approximate surface area is 191 Å². The maximum atomic E-state index is 12.7. The van der Waals surface area contributed by atoms with Gasteiger partial charge < -0.3 is 9.64 Å². The Morgan fingerprint density at radius 3 is 2.43 bits per heavy atom.